The highest BCUT2D eigenvalue weighted by molar-refractivity contribution is 6.05. The summed E-state index contributed by atoms with van der Waals surface area (Å²) >= 11 is 0. The second-order valence-electron chi connectivity index (χ2n) is 10.1. The molecule has 0 aliphatic rings. The van der Waals surface area contributed by atoms with Crippen LogP contribution >= 0.6 is 0 Å². The van der Waals surface area contributed by atoms with Gasteiger partial charge >= 0.3 is 5.97 Å². The molecule has 0 heterocycles. The molecular formula is C30H39N3O3. The van der Waals surface area contributed by atoms with Gasteiger partial charge in [0.2, 0.25) is 5.91 Å². The number of hydrogen-bond acceptors (Lipinski definition) is 5. The molecule has 0 saturated carbocycles. The molecule has 0 aliphatic carbocycles. The number of benzene rings is 3. The molecule has 0 aliphatic heterocycles. The summed E-state index contributed by atoms with van der Waals surface area (Å²) in [5, 5.41) is 14.8. The zero-order valence-electron chi connectivity index (χ0n) is 22.0. The van der Waals surface area contributed by atoms with E-state index >= 15 is 0 Å². The van der Waals surface area contributed by atoms with Gasteiger partial charge in [0.25, 0.3) is 0 Å². The van der Waals surface area contributed by atoms with Crippen molar-refractivity contribution < 1.29 is 14.3 Å². The Labute approximate surface area is 214 Å². The van der Waals surface area contributed by atoms with Gasteiger partial charge in [-0.15, -0.1) is 0 Å². The van der Waals surface area contributed by atoms with E-state index in [9.17, 15) is 9.59 Å². The first kappa shape index (κ1) is 27.4. The first-order valence-electron chi connectivity index (χ1n) is 12.7. The number of hydrogen-bond donors (Lipinski definition) is 3. The summed E-state index contributed by atoms with van der Waals surface area (Å²) in [5.41, 5.74) is 2.56. The molecule has 0 saturated heterocycles. The van der Waals surface area contributed by atoms with Gasteiger partial charge in [0, 0.05) is 31.8 Å². The Morgan fingerprint density at radius 3 is 1.72 bits per heavy atom. The highest BCUT2D eigenvalue weighted by Crippen LogP contribution is 2.33. The molecule has 0 unspecified atom stereocenters. The van der Waals surface area contributed by atoms with Crippen LogP contribution in [0.1, 0.15) is 51.7 Å². The third kappa shape index (κ3) is 7.64. The van der Waals surface area contributed by atoms with Crippen LogP contribution in [0, 0.1) is 0 Å². The van der Waals surface area contributed by atoms with Gasteiger partial charge < -0.3 is 20.7 Å². The van der Waals surface area contributed by atoms with Crippen molar-refractivity contribution in [3.63, 3.8) is 0 Å². The quantitative estimate of drug-likeness (QED) is 0.145. The summed E-state index contributed by atoms with van der Waals surface area (Å²) in [6, 6.07) is 17.0. The number of nitrogens with one attached hydrogen (secondary N) is 3. The van der Waals surface area contributed by atoms with Crippen LogP contribution in [0.3, 0.4) is 0 Å². The minimum atomic E-state index is -0.466. The van der Waals surface area contributed by atoms with Crippen molar-refractivity contribution in [1.29, 1.82) is 0 Å². The van der Waals surface area contributed by atoms with Crippen molar-refractivity contribution in [2.45, 2.75) is 59.2 Å². The smallest absolute Gasteiger partial charge is 0.307 e. The van der Waals surface area contributed by atoms with Crippen LogP contribution in [0.25, 0.3) is 21.5 Å². The van der Waals surface area contributed by atoms with E-state index in [1.165, 1.54) is 32.7 Å². The van der Waals surface area contributed by atoms with E-state index in [-0.39, 0.29) is 11.9 Å². The van der Waals surface area contributed by atoms with Gasteiger partial charge in [0.15, 0.2) is 0 Å². The fourth-order valence-electron chi connectivity index (χ4n) is 4.27. The summed E-state index contributed by atoms with van der Waals surface area (Å²) in [4.78, 5) is 23.7. The van der Waals surface area contributed by atoms with Crippen molar-refractivity contribution in [1.82, 2.24) is 16.0 Å². The first-order chi connectivity index (χ1) is 17.2. The summed E-state index contributed by atoms with van der Waals surface area (Å²) in [6.07, 6.45) is 1.18. The largest absolute Gasteiger partial charge is 0.460 e. The van der Waals surface area contributed by atoms with Crippen molar-refractivity contribution in [3.05, 3.63) is 71.8 Å². The summed E-state index contributed by atoms with van der Waals surface area (Å²) < 4.78 is 5.42. The Balaban J connectivity index is 1.71. The standard InChI is InChI=1S/C30H39N3O3/c1-21(2)29(35)33-17-10-16-31-19-26-22-11-6-8-13-24(22)27(25-14-9-7-12-23(25)26)20-32-18-15-28(34)36-30(3,4)5/h6-9,11-14,31-32H,1,10,15-20H2,2-5H3,(H,33,35). The number of esters is 1. The molecule has 1 amide bonds. The molecule has 192 valence electrons. The minimum Gasteiger partial charge on any atom is -0.460 e. The van der Waals surface area contributed by atoms with Crippen LogP contribution in [-0.2, 0) is 27.4 Å². The Bertz CT molecular complexity index is 1170. The first-order valence-corrected chi connectivity index (χ1v) is 12.7. The van der Waals surface area contributed by atoms with Crippen molar-refractivity contribution in [3.8, 4) is 0 Å². The predicted octanol–water partition coefficient (Wildman–Crippen LogP) is 4.99. The molecule has 3 rings (SSSR count). The number of carbonyl (C=O) groups is 2. The third-order valence-corrected chi connectivity index (χ3v) is 5.89. The maximum atomic E-state index is 12.1. The average molecular weight is 490 g/mol. The molecule has 3 aromatic rings. The second kappa shape index (κ2) is 12.7. The van der Waals surface area contributed by atoms with E-state index in [0.29, 0.717) is 31.6 Å². The lowest BCUT2D eigenvalue weighted by Gasteiger charge is -2.20. The SMILES string of the molecule is C=C(C)C(=O)NCCCNCc1c2ccccc2c(CNCCC(=O)OC(C)(C)C)c2ccccc12. The number of ether oxygens (including phenoxy) is 1. The molecule has 3 N–H and O–H groups in total. The molecule has 0 bridgehead atoms. The second-order valence-corrected chi connectivity index (χ2v) is 10.1. The van der Waals surface area contributed by atoms with E-state index in [1.807, 2.05) is 20.8 Å². The lowest BCUT2D eigenvalue weighted by atomic mass is 9.91. The fraction of sp³-hybridized carbons (Fsp3) is 0.400. The molecule has 6 nitrogen and oxygen atoms in total. The average Bonchev–Trinajstić information content (AvgIpc) is 2.83. The zero-order chi connectivity index (χ0) is 26.1. The monoisotopic (exact) mass is 489 g/mol. The van der Waals surface area contributed by atoms with Gasteiger partial charge in [-0.1, -0.05) is 55.1 Å². The van der Waals surface area contributed by atoms with E-state index in [0.717, 1.165) is 19.5 Å². The summed E-state index contributed by atoms with van der Waals surface area (Å²) in [7, 11) is 0. The lowest BCUT2D eigenvalue weighted by molar-refractivity contribution is -0.154. The van der Waals surface area contributed by atoms with Gasteiger partial charge in [0.1, 0.15) is 5.60 Å². The minimum absolute atomic E-state index is 0.0951. The van der Waals surface area contributed by atoms with Crippen LogP contribution < -0.4 is 16.0 Å². The highest BCUT2D eigenvalue weighted by Gasteiger charge is 2.16. The molecule has 0 fully saturated rings. The van der Waals surface area contributed by atoms with Gasteiger partial charge in [-0.25, -0.2) is 0 Å². The molecule has 0 aromatic heterocycles. The number of carbonyl (C=O) groups excluding carboxylic acids is 2. The molecule has 3 aromatic carbocycles. The molecule has 0 atom stereocenters. The molecule has 0 spiro atoms. The van der Waals surface area contributed by atoms with Gasteiger partial charge in [-0.2, -0.15) is 0 Å². The number of amides is 1. The van der Waals surface area contributed by atoms with Crippen LogP contribution in [0.15, 0.2) is 60.7 Å². The van der Waals surface area contributed by atoms with Crippen LogP contribution in [0.5, 0.6) is 0 Å². The highest BCUT2D eigenvalue weighted by atomic mass is 16.6. The Kier molecular flexibility index (Phi) is 9.62. The summed E-state index contributed by atoms with van der Waals surface area (Å²) in [6.45, 7) is 14.4. The molecule has 0 radical (unpaired) electrons. The van der Waals surface area contributed by atoms with Gasteiger partial charge in [-0.05, 0) is 73.3 Å². The zero-order valence-corrected chi connectivity index (χ0v) is 22.0. The van der Waals surface area contributed by atoms with E-state index < -0.39 is 5.60 Å². The van der Waals surface area contributed by atoms with Gasteiger partial charge in [0.05, 0.1) is 6.42 Å². The summed E-state index contributed by atoms with van der Waals surface area (Å²) in [5.74, 6) is -0.285. The van der Waals surface area contributed by atoms with Crippen molar-refractivity contribution in [2.24, 2.45) is 0 Å². The lowest BCUT2D eigenvalue weighted by Crippen LogP contribution is -2.27. The van der Waals surface area contributed by atoms with Crippen LogP contribution in [0.2, 0.25) is 0 Å². The molecular weight excluding hydrogens is 450 g/mol. The van der Waals surface area contributed by atoms with E-state index in [1.54, 1.807) is 6.92 Å². The topological polar surface area (TPSA) is 79.5 Å². The molecule has 6 heteroatoms. The Hall–Kier alpha value is -3.22. The normalized spacial score (nSPS) is 11.6. The van der Waals surface area contributed by atoms with Gasteiger partial charge in [-0.3, -0.25) is 9.59 Å². The number of fused-ring (bicyclic) bond motifs is 2. The van der Waals surface area contributed by atoms with E-state index in [4.69, 9.17) is 4.74 Å². The van der Waals surface area contributed by atoms with Crippen molar-refractivity contribution in [2.75, 3.05) is 19.6 Å². The fourth-order valence-corrected chi connectivity index (χ4v) is 4.27. The van der Waals surface area contributed by atoms with Crippen LogP contribution in [0.4, 0.5) is 0 Å². The third-order valence-electron chi connectivity index (χ3n) is 5.89. The number of rotatable bonds is 12. The maximum Gasteiger partial charge on any atom is 0.307 e. The Morgan fingerprint density at radius 2 is 1.28 bits per heavy atom. The molecule has 36 heavy (non-hydrogen) atoms. The van der Waals surface area contributed by atoms with Crippen molar-refractivity contribution >= 4 is 33.4 Å². The maximum absolute atomic E-state index is 12.1. The predicted molar refractivity (Wildman–Crippen MR) is 148 cm³/mol. The Morgan fingerprint density at radius 1 is 0.806 bits per heavy atom. The van der Waals surface area contributed by atoms with Crippen LogP contribution in [-0.4, -0.2) is 37.1 Å². The van der Waals surface area contributed by atoms with E-state index in [2.05, 4.69) is 71.1 Å².